The second-order valence-electron chi connectivity index (χ2n) is 7.20. The summed E-state index contributed by atoms with van der Waals surface area (Å²) in [4.78, 5) is 24.0. The van der Waals surface area contributed by atoms with E-state index in [1.54, 1.807) is 0 Å². The van der Waals surface area contributed by atoms with Gasteiger partial charge in [-0.05, 0) is 54.8 Å². The van der Waals surface area contributed by atoms with Crippen molar-refractivity contribution in [1.29, 1.82) is 0 Å². The molecule has 0 saturated heterocycles. The second kappa shape index (κ2) is 10.6. The average molecular weight is 471 g/mol. The van der Waals surface area contributed by atoms with Crippen molar-refractivity contribution in [1.82, 2.24) is 5.32 Å². The Morgan fingerprint density at radius 1 is 1.16 bits per heavy atom. The first-order valence-electron chi connectivity index (χ1n) is 9.50. The largest absolute Gasteiger partial charge is 0.452 e. The number of esters is 1. The molecule has 0 atom stereocenters. The lowest BCUT2D eigenvalue weighted by molar-refractivity contribution is -0.124. The summed E-state index contributed by atoms with van der Waals surface area (Å²) in [7, 11) is -2.76. The molecule has 168 valence electrons. The van der Waals surface area contributed by atoms with Crippen molar-refractivity contribution in [2.24, 2.45) is 5.92 Å². The van der Waals surface area contributed by atoms with Crippen molar-refractivity contribution in [3.8, 4) is 0 Å². The van der Waals surface area contributed by atoms with E-state index in [1.165, 1.54) is 31.3 Å². The molecule has 0 spiro atoms. The number of carbonyl (C=O) groups is 2. The zero-order valence-corrected chi connectivity index (χ0v) is 19.0. The van der Waals surface area contributed by atoms with Gasteiger partial charge in [0.15, 0.2) is 6.61 Å². The maximum atomic E-state index is 13.1. The molecule has 1 N–H and O–H groups in total. The summed E-state index contributed by atoms with van der Waals surface area (Å²) >= 11 is 6.04. The van der Waals surface area contributed by atoms with Gasteiger partial charge >= 0.3 is 5.97 Å². The van der Waals surface area contributed by atoms with Crippen molar-refractivity contribution in [3.63, 3.8) is 0 Å². The number of carbonyl (C=O) groups excluding carboxylic acids is 2. The van der Waals surface area contributed by atoms with E-state index in [4.69, 9.17) is 16.3 Å². The van der Waals surface area contributed by atoms with Crippen LogP contribution >= 0.6 is 11.6 Å². The highest BCUT2D eigenvalue weighted by atomic mass is 35.5. The normalized spacial score (nSPS) is 11.3. The van der Waals surface area contributed by atoms with Gasteiger partial charge < -0.3 is 10.1 Å². The summed E-state index contributed by atoms with van der Waals surface area (Å²) in [5.41, 5.74) is 0.0452. The summed E-state index contributed by atoms with van der Waals surface area (Å²) in [6.07, 6.45) is 0.785. The molecule has 0 saturated carbocycles. The number of amides is 1. The van der Waals surface area contributed by atoms with Gasteiger partial charge in [-0.25, -0.2) is 17.6 Å². The fourth-order valence-corrected chi connectivity index (χ4v) is 3.95. The van der Waals surface area contributed by atoms with Crippen molar-refractivity contribution < 1.29 is 27.1 Å². The fourth-order valence-electron chi connectivity index (χ4n) is 2.53. The van der Waals surface area contributed by atoms with Crippen LogP contribution in [0.1, 0.15) is 30.6 Å². The Morgan fingerprint density at radius 2 is 1.81 bits per heavy atom. The van der Waals surface area contributed by atoms with Gasteiger partial charge in [0.1, 0.15) is 5.82 Å². The van der Waals surface area contributed by atoms with E-state index in [0.717, 1.165) is 28.9 Å². The fraction of sp³-hybridized carbons (Fsp3) is 0.333. The third-order valence-electron chi connectivity index (χ3n) is 4.38. The Bertz CT molecular complexity index is 1040. The first kappa shape index (κ1) is 24.6. The van der Waals surface area contributed by atoms with Crippen LogP contribution in [0, 0.1) is 11.7 Å². The van der Waals surface area contributed by atoms with Crippen LogP contribution in [0.25, 0.3) is 0 Å². The number of nitrogens with one attached hydrogen (secondary N) is 1. The molecule has 2 rings (SSSR count). The molecule has 2 aromatic rings. The van der Waals surface area contributed by atoms with Crippen LogP contribution in [0.4, 0.5) is 10.1 Å². The van der Waals surface area contributed by atoms with Gasteiger partial charge in [0.25, 0.3) is 15.9 Å². The maximum absolute atomic E-state index is 13.1. The number of hydrogen-bond donors (Lipinski definition) is 1. The number of halogens is 2. The van der Waals surface area contributed by atoms with Crippen LogP contribution in [-0.4, -0.2) is 40.5 Å². The van der Waals surface area contributed by atoms with Gasteiger partial charge in [-0.3, -0.25) is 9.10 Å². The standard InChI is InChI=1S/C21H24ClFN2O5S/c1-14(2)10-11-24-20(26)13-30-21(27)18-12-17(8-9-19(18)22)31(28,29)25(3)16-6-4-15(23)5-7-16/h4-9,12,14H,10-11,13H2,1-3H3,(H,24,26). The third-order valence-corrected chi connectivity index (χ3v) is 6.50. The molecule has 1 amide bonds. The van der Waals surface area contributed by atoms with Crippen LogP contribution in [0.15, 0.2) is 47.4 Å². The lowest BCUT2D eigenvalue weighted by Crippen LogP contribution is -2.30. The summed E-state index contributed by atoms with van der Waals surface area (Å²) in [6.45, 7) is 3.98. The Balaban J connectivity index is 2.14. The summed E-state index contributed by atoms with van der Waals surface area (Å²) < 4.78 is 44.9. The third kappa shape index (κ3) is 6.67. The van der Waals surface area contributed by atoms with Gasteiger partial charge in [-0.1, -0.05) is 25.4 Å². The molecular weight excluding hydrogens is 447 g/mol. The predicted molar refractivity (Wildman–Crippen MR) is 116 cm³/mol. The molecule has 0 aliphatic rings. The van der Waals surface area contributed by atoms with E-state index < -0.39 is 34.3 Å². The van der Waals surface area contributed by atoms with Crippen LogP contribution < -0.4 is 9.62 Å². The summed E-state index contributed by atoms with van der Waals surface area (Å²) in [5, 5.41) is 2.61. The van der Waals surface area contributed by atoms with Gasteiger partial charge in [0.2, 0.25) is 0 Å². The summed E-state index contributed by atoms with van der Waals surface area (Å²) in [6, 6.07) is 8.48. The van der Waals surface area contributed by atoms with Crippen molar-refractivity contribution in [3.05, 3.63) is 58.9 Å². The average Bonchev–Trinajstić information content (AvgIpc) is 2.72. The van der Waals surface area contributed by atoms with E-state index in [-0.39, 0.29) is 21.2 Å². The topological polar surface area (TPSA) is 92.8 Å². The minimum absolute atomic E-state index is 0.0198. The monoisotopic (exact) mass is 470 g/mol. The molecule has 0 bridgehead atoms. The Kier molecular flexibility index (Phi) is 8.41. The van der Waals surface area contributed by atoms with Gasteiger partial charge in [-0.15, -0.1) is 0 Å². The van der Waals surface area contributed by atoms with E-state index in [2.05, 4.69) is 5.32 Å². The number of anilines is 1. The van der Waals surface area contributed by atoms with Crippen LogP contribution in [0.2, 0.25) is 5.02 Å². The number of nitrogens with zero attached hydrogens (tertiary/aromatic N) is 1. The lowest BCUT2D eigenvalue weighted by Gasteiger charge is -2.20. The van der Waals surface area contributed by atoms with E-state index in [0.29, 0.717) is 12.5 Å². The maximum Gasteiger partial charge on any atom is 0.340 e. The predicted octanol–water partition coefficient (Wildman–Crippen LogP) is 3.62. The van der Waals surface area contributed by atoms with Gasteiger partial charge in [-0.2, -0.15) is 0 Å². The molecule has 0 radical (unpaired) electrons. The number of rotatable bonds is 9. The molecule has 0 aliphatic heterocycles. The Labute approximate surface area is 186 Å². The number of hydrogen-bond acceptors (Lipinski definition) is 5. The Hall–Kier alpha value is -2.65. The van der Waals surface area contributed by atoms with Crippen molar-refractivity contribution in [2.45, 2.75) is 25.2 Å². The minimum Gasteiger partial charge on any atom is -0.452 e. The first-order valence-corrected chi connectivity index (χ1v) is 11.3. The number of ether oxygens (including phenoxy) is 1. The SMILES string of the molecule is CC(C)CCNC(=O)COC(=O)c1cc(S(=O)(=O)N(C)c2ccc(F)cc2)ccc1Cl. The summed E-state index contributed by atoms with van der Waals surface area (Å²) in [5.74, 6) is -1.48. The molecule has 31 heavy (non-hydrogen) atoms. The van der Waals surface area contributed by atoms with Crippen molar-refractivity contribution in [2.75, 3.05) is 24.5 Å². The Morgan fingerprint density at radius 3 is 2.42 bits per heavy atom. The van der Waals surface area contributed by atoms with E-state index >= 15 is 0 Å². The van der Waals surface area contributed by atoms with Crippen LogP contribution in [0.3, 0.4) is 0 Å². The molecule has 0 unspecified atom stereocenters. The molecular formula is C21H24ClFN2O5S. The van der Waals surface area contributed by atoms with Crippen LogP contribution in [0.5, 0.6) is 0 Å². The zero-order chi connectivity index (χ0) is 23.2. The molecule has 0 heterocycles. The molecule has 2 aromatic carbocycles. The quantitative estimate of drug-likeness (QED) is 0.565. The van der Waals surface area contributed by atoms with Crippen molar-refractivity contribution >= 4 is 39.2 Å². The first-order chi connectivity index (χ1) is 14.5. The number of sulfonamides is 1. The van der Waals surface area contributed by atoms with Gasteiger partial charge in [0.05, 0.1) is 21.2 Å². The number of benzene rings is 2. The van der Waals surface area contributed by atoms with Crippen LogP contribution in [-0.2, 0) is 19.6 Å². The second-order valence-corrected chi connectivity index (χ2v) is 9.58. The smallest absolute Gasteiger partial charge is 0.340 e. The molecule has 0 aromatic heterocycles. The minimum atomic E-state index is -4.06. The zero-order valence-electron chi connectivity index (χ0n) is 17.4. The highest BCUT2D eigenvalue weighted by molar-refractivity contribution is 7.92. The molecule has 7 nitrogen and oxygen atoms in total. The van der Waals surface area contributed by atoms with E-state index in [1.807, 2.05) is 13.8 Å². The highest BCUT2D eigenvalue weighted by Crippen LogP contribution is 2.26. The molecule has 0 fully saturated rings. The highest BCUT2D eigenvalue weighted by Gasteiger charge is 2.24. The lowest BCUT2D eigenvalue weighted by atomic mass is 10.1. The van der Waals surface area contributed by atoms with Gasteiger partial charge in [0, 0.05) is 13.6 Å². The molecule has 10 heteroatoms. The molecule has 0 aliphatic carbocycles. The van der Waals surface area contributed by atoms with E-state index in [9.17, 15) is 22.4 Å².